The van der Waals surface area contributed by atoms with E-state index in [1.807, 2.05) is 18.2 Å². The molecule has 0 spiro atoms. The molecule has 2 aromatic carbocycles. The van der Waals surface area contributed by atoms with Crippen molar-refractivity contribution in [2.45, 2.75) is 25.9 Å². The van der Waals surface area contributed by atoms with Gasteiger partial charge in [0.1, 0.15) is 11.6 Å². The van der Waals surface area contributed by atoms with E-state index >= 15 is 0 Å². The number of rotatable bonds is 5. The van der Waals surface area contributed by atoms with Gasteiger partial charge < -0.3 is 15.1 Å². The number of nitrogens with one attached hydrogen (secondary N) is 2. The van der Waals surface area contributed by atoms with Gasteiger partial charge in [-0.25, -0.2) is 4.39 Å². The molecule has 1 aromatic heterocycles. The highest BCUT2D eigenvalue weighted by atomic mass is 19.1. The predicted octanol–water partition coefficient (Wildman–Crippen LogP) is 3.58. The average Bonchev–Trinajstić information content (AvgIpc) is 3.31. The fraction of sp³-hybridized carbons (Fsp3) is 0.250. The molecule has 0 saturated heterocycles. The number of hydrogen-bond acceptors (Lipinski definition) is 4. The third kappa shape index (κ3) is 4.83. The van der Waals surface area contributed by atoms with Gasteiger partial charge in [0.25, 0.3) is 0 Å². The summed E-state index contributed by atoms with van der Waals surface area (Å²) in [6, 6.07) is 16.1. The quantitative estimate of drug-likeness (QED) is 0.618. The maximum absolute atomic E-state index is 13.7. The SMILES string of the molecule is Cc1ccc(NC(=O)C(=O)NCC(c2ccco2)N2CCc3ccccc3C2)cc1F. The van der Waals surface area contributed by atoms with Crippen LogP contribution in [0.2, 0.25) is 0 Å². The van der Waals surface area contributed by atoms with Crippen LogP contribution in [0.5, 0.6) is 0 Å². The Balaban J connectivity index is 1.41. The minimum Gasteiger partial charge on any atom is -0.468 e. The highest BCUT2D eigenvalue weighted by Crippen LogP contribution is 2.27. The third-order valence-corrected chi connectivity index (χ3v) is 5.56. The molecule has 2 heterocycles. The Kier molecular flexibility index (Phi) is 6.13. The minimum atomic E-state index is -0.842. The van der Waals surface area contributed by atoms with Gasteiger partial charge in [-0.05, 0) is 54.3 Å². The predicted molar refractivity (Wildman–Crippen MR) is 115 cm³/mol. The summed E-state index contributed by atoms with van der Waals surface area (Å²) in [5, 5.41) is 5.12. The van der Waals surface area contributed by atoms with Crippen molar-refractivity contribution in [3.05, 3.63) is 89.1 Å². The first kappa shape index (κ1) is 20.8. The number of carbonyl (C=O) groups is 2. The van der Waals surface area contributed by atoms with Crippen LogP contribution in [0.15, 0.2) is 65.3 Å². The first-order valence-electron chi connectivity index (χ1n) is 10.2. The number of aryl methyl sites for hydroxylation is 1. The van der Waals surface area contributed by atoms with Crippen LogP contribution >= 0.6 is 0 Å². The fourth-order valence-electron chi connectivity index (χ4n) is 3.80. The van der Waals surface area contributed by atoms with Crippen LogP contribution in [0.3, 0.4) is 0 Å². The van der Waals surface area contributed by atoms with Crippen molar-refractivity contribution in [3.8, 4) is 0 Å². The molecule has 0 aliphatic carbocycles. The molecule has 2 N–H and O–H groups in total. The number of hydrogen-bond donors (Lipinski definition) is 2. The van der Waals surface area contributed by atoms with Gasteiger partial charge in [-0.2, -0.15) is 0 Å². The summed E-state index contributed by atoms with van der Waals surface area (Å²) in [5.74, 6) is -1.34. The summed E-state index contributed by atoms with van der Waals surface area (Å²) in [7, 11) is 0. The minimum absolute atomic E-state index is 0.211. The largest absolute Gasteiger partial charge is 0.468 e. The zero-order valence-corrected chi connectivity index (χ0v) is 17.2. The second kappa shape index (κ2) is 9.14. The lowest BCUT2D eigenvalue weighted by molar-refractivity contribution is -0.136. The summed E-state index contributed by atoms with van der Waals surface area (Å²) >= 11 is 0. The number of fused-ring (bicyclic) bond motifs is 1. The molecular formula is C24H24FN3O3. The number of benzene rings is 2. The molecule has 160 valence electrons. The molecule has 0 bridgehead atoms. The van der Waals surface area contributed by atoms with E-state index in [0.29, 0.717) is 5.56 Å². The van der Waals surface area contributed by atoms with E-state index in [-0.39, 0.29) is 18.3 Å². The molecule has 1 atom stereocenters. The van der Waals surface area contributed by atoms with E-state index in [1.54, 1.807) is 31.4 Å². The number of carbonyl (C=O) groups excluding carboxylic acids is 2. The summed E-state index contributed by atoms with van der Waals surface area (Å²) in [4.78, 5) is 26.9. The Morgan fingerprint density at radius 1 is 1.10 bits per heavy atom. The highest BCUT2D eigenvalue weighted by Gasteiger charge is 2.28. The number of amides is 2. The van der Waals surface area contributed by atoms with Crippen LogP contribution in [0.1, 0.15) is 28.5 Å². The molecule has 3 aromatic rings. The van der Waals surface area contributed by atoms with Gasteiger partial charge in [0, 0.05) is 25.3 Å². The van der Waals surface area contributed by atoms with E-state index in [4.69, 9.17) is 4.42 Å². The van der Waals surface area contributed by atoms with Gasteiger partial charge in [0.05, 0.1) is 12.3 Å². The highest BCUT2D eigenvalue weighted by molar-refractivity contribution is 6.39. The van der Waals surface area contributed by atoms with Crippen LogP contribution in [0.25, 0.3) is 0 Å². The van der Waals surface area contributed by atoms with Crippen molar-refractivity contribution < 1.29 is 18.4 Å². The average molecular weight is 421 g/mol. The molecule has 1 aliphatic heterocycles. The Hall–Kier alpha value is -3.45. The van der Waals surface area contributed by atoms with Crippen LogP contribution in [0, 0.1) is 12.7 Å². The molecule has 1 aliphatic rings. The zero-order chi connectivity index (χ0) is 21.8. The second-order valence-corrected chi connectivity index (χ2v) is 7.65. The monoisotopic (exact) mass is 421 g/mol. The molecule has 0 saturated carbocycles. The lowest BCUT2D eigenvalue weighted by atomic mass is 9.98. The molecule has 6 nitrogen and oxygen atoms in total. The van der Waals surface area contributed by atoms with Crippen LogP contribution in [-0.4, -0.2) is 29.8 Å². The molecule has 2 amide bonds. The number of halogens is 1. The first-order valence-corrected chi connectivity index (χ1v) is 10.2. The Morgan fingerprint density at radius 2 is 1.90 bits per heavy atom. The number of anilines is 1. The second-order valence-electron chi connectivity index (χ2n) is 7.65. The van der Waals surface area contributed by atoms with Gasteiger partial charge in [-0.15, -0.1) is 0 Å². The van der Waals surface area contributed by atoms with E-state index in [1.165, 1.54) is 17.2 Å². The van der Waals surface area contributed by atoms with E-state index in [0.717, 1.165) is 25.3 Å². The van der Waals surface area contributed by atoms with Gasteiger partial charge in [0.15, 0.2) is 0 Å². The lowest BCUT2D eigenvalue weighted by Gasteiger charge is -2.34. The van der Waals surface area contributed by atoms with Crippen LogP contribution < -0.4 is 10.6 Å². The maximum Gasteiger partial charge on any atom is 0.313 e. The normalized spacial score (nSPS) is 14.5. The van der Waals surface area contributed by atoms with Crippen molar-refractivity contribution >= 4 is 17.5 Å². The van der Waals surface area contributed by atoms with Crippen molar-refractivity contribution in [1.29, 1.82) is 0 Å². The Labute approximate surface area is 180 Å². The van der Waals surface area contributed by atoms with Crippen LogP contribution in [0.4, 0.5) is 10.1 Å². The molecule has 4 rings (SSSR count). The molecule has 7 heteroatoms. The van der Waals surface area contributed by atoms with Gasteiger partial charge in [-0.3, -0.25) is 14.5 Å². The van der Waals surface area contributed by atoms with Crippen molar-refractivity contribution in [2.24, 2.45) is 0 Å². The number of nitrogens with zero attached hydrogens (tertiary/aromatic N) is 1. The van der Waals surface area contributed by atoms with E-state index in [9.17, 15) is 14.0 Å². The standard InChI is InChI=1S/C24H24FN3O3/c1-16-8-9-19(13-20(16)25)27-24(30)23(29)26-14-21(22-7-4-12-31-22)28-11-10-17-5-2-3-6-18(17)15-28/h2-9,12-13,21H,10-11,14-15H2,1H3,(H,26,29)(H,27,30). The summed E-state index contributed by atoms with van der Waals surface area (Å²) in [5.41, 5.74) is 3.27. The molecule has 1 unspecified atom stereocenters. The van der Waals surface area contributed by atoms with Crippen molar-refractivity contribution in [3.63, 3.8) is 0 Å². The third-order valence-electron chi connectivity index (χ3n) is 5.56. The fourth-order valence-corrected chi connectivity index (χ4v) is 3.80. The summed E-state index contributed by atoms with van der Waals surface area (Å²) in [6.07, 6.45) is 2.50. The maximum atomic E-state index is 13.7. The topological polar surface area (TPSA) is 74.6 Å². The van der Waals surface area contributed by atoms with Gasteiger partial charge in [0.2, 0.25) is 0 Å². The summed E-state index contributed by atoms with van der Waals surface area (Å²) in [6.45, 7) is 3.38. The van der Waals surface area contributed by atoms with E-state index in [2.05, 4.69) is 27.7 Å². The smallest absolute Gasteiger partial charge is 0.313 e. The van der Waals surface area contributed by atoms with Crippen LogP contribution in [-0.2, 0) is 22.6 Å². The van der Waals surface area contributed by atoms with E-state index < -0.39 is 17.6 Å². The van der Waals surface area contributed by atoms with Crippen molar-refractivity contribution in [2.75, 3.05) is 18.4 Å². The van der Waals surface area contributed by atoms with Crippen molar-refractivity contribution in [1.82, 2.24) is 10.2 Å². The molecule has 0 fully saturated rings. The van der Waals surface area contributed by atoms with Gasteiger partial charge in [-0.1, -0.05) is 30.3 Å². The molecule has 31 heavy (non-hydrogen) atoms. The Bertz CT molecular complexity index is 1080. The zero-order valence-electron chi connectivity index (χ0n) is 17.2. The molecule has 0 radical (unpaired) electrons. The first-order chi connectivity index (χ1) is 15.0. The number of furan rings is 1. The Morgan fingerprint density at radius 3 is 2.65 bits per heavy atom. The van der Waals surface area contributed by atoms with Gasteiger partial charge >= 0.3 is 11.8 Å². The lowest BCUT2D eigenvalue weighted by Crippen LogP contribution is -2.43. The summed E-state index contributed by atoms with van der Waals surface area (Å²) < 4.78 is 19.3. The molecular weight excluding hydrogens is 397 g/mol.